The molecule has 0 saturated heterocycles. The largest absolute Gasteiger partial charge is 0.396 e. The maximum absolute atomic E-state index is 9.00. The van der Waals surface area contributed by atoms with E-state index in [1.807, 2.05) is 0 Å². The minimum atomic E-state index is 0.426. The van der Waals surface area contributed by atoms with Crippen molar-refractivity contribution in [1.82, 2.24) is 0 Å². The molecule has 0 radical (unpaired) electrons. The monoisotopic (exact) mass is 152 g/mol. The van der Waals surface area contributed by atoms with Gasteiger partial charge in [0.25, 0.3) is 0 Å². The van der Waals surface area contributed by atoms with E-state index in [4.69, 9.17) is 5.11 Å². The second-order valence-electron chi connectivity index (χ2n) is 3.80. The van der Waals surface area contributed by atoms with E-state index < -0.39 is 0 Å². The molecule has 0 heterocycles. The van der Waals surface area contributed by atoms with Gasteiger partial charge in [0.1, 0.15) is 0 Å². The fraction of sp³-hybridized carbons (Fsp3) is 0.800. The lowest BCUT2D eigenvalue weighted by atomic mass is 10.1. The number of aliphatic hydroxyl groups excluding tert-OH is 1. The lowest BCUT2D eigenvalue weighted by Crippen LogP contribution is -1.88. The molecule has 0 amide bonds. The zero-order chi connectivity index (χ0) is 7.68. The Labute approximate surface area is 68.1 Å². The van der Waals surface area contributed by atoms with E-state index in [9.17, 15) is 0 Å². The molecule has 2 unspecified atom stereocenters. The number of allylic oxidation sites excluding steroid dienone is 2. The van der Waals surface area contributed by atoms with Crippen LogP contribution < -0.4 is 0 Å². The van der Waals surface area contributed by atoms with Gasteiger partial charge in [-0.3, -0.25) is 0 Å². The quantitative estimate of drug-likeness (QED) is 0.569. The molecule has 62 valence electrons. The molecule has 11 heavy (non-hydrogen) atoms. The van der Waals surface area contributed by atoms with Crippen LogP contribution in [0, 0.1) is 17.8 Å². The standard InChI is InChI=1S/C10H16O/c11-7-10-8-5-3-1-2-4-6-9(8)10/h1-2,8-11H,3-7H2. The van der Waals surface area contributed by atoms with E-state index in [0.717, 1.165) is 11.8 Å². The van der Waals surface area contributed by atoms with Crippen molar-refractivity contribution in [3.8, 4) is 0 Å². The maximum Gasteiger partial charge on any atom is 0.0464 e. The average molecular weight is 152 g/mol. The number of rotatable bonds is 1. The van der Waals surface area contributed by atoms with Crippen LogP contribution in [0.25, 0.3) is 0 Å². The van der Waals surface area contributed by atoms with E-state index in [1.54, 1.807) is 0 Å². The highest BCUT2D eigenvalue weighted by molar-refractivity contribution is 5.00. The van der Waals surface area contributed by atoms with Crippen molar-refractivity contribution >= 4 is 0 Å². The van der Waals surface area contributed by atoms with Crippen LogP contribution in [0.2, 0.25) is 0 Å². The van der Waals surface area contributed by atoms with Crippen LogP contribution in [0.3, 0.4) is 0 Å². The summed E-state index contributed by atoms with van der Waals surface area (Å²) in [5.74, 6) is 2.39. The Morgan fingerprint density at radius 2 is 1.64 bits per heavy atom. The molecule has 0 aromatic heterocycles. The predicted molar refractivity (Wildman–Crippen MR) is 45.2 cm³/mol. The summed E-state index contributed by atoms with van der Waals surface area (Å²) in [7, 11) is 0. The van der Waals surface area contributed by atoms with E-state index in [0.29, 0.717) is 12.5 Å². The fourth-order valence-electron chi connectivity index (χ4n) is 2.46. The van der Waals surface area contributed by atoms with Crippen LogP contribution in [0.15, 0.2) is 12.2 Å². The molecule has 1 heteroatoms. The molecular weight excluding hydrogens is 136 g/mol. The third kappa shape index (κ3) is 1.34. The first kappa shape index (κ1) is 7.35. The Morgan fingerprint density at radius 3 is 2.09 bits per heavy atom. The molecule has 0 spiro atoms. The summed E-state index contributed by atoms with van der Waals surface area (Å²) in [6.45, 7) is 0.426. The van der Waals surface area contributed by atoms with Crippen LogP contribution in [0.1, 0.15) is 25.7 Å². The Hall–Kier alpha value is -0.300. The topological polar surface area (TPSA) is 20.2 Å². The number of fused-ring (bicyclic) bond motifs is 1. The molecule has 1 saturated carbocycles. The van der Waals surface area contributed by atoms with Gasteiger partial charge in [-0.25, -0.2) is 0 Å². The molecule has 2 rings (SSSR count). The summed E-state index contributed by atoms with van der Waals surface area (Å²) in [6.07, 6.45) is 9.68. The molecule has 1 N–H and O–H groups in total. The van der Waals surface area contributed by atoms with E-state index >= 15 is 0 Å². The maximum atomic E-state index is 9.00. The van der Waals surface area contributed by atoms with E-state index in [1.165, 1.54) is 25.7 Å². The minimum Gasteiger partial charge on any atom is -0.396 e. The van der Waals surface area contributed by atoms with Crippen LogP contribution in [-0.2, 0) is 0 Å². The molecule has 1 fully saturated rings. The predicted octanol–water partition coefficient (Wildman–Crippen LogP) is 1.97. The van der Waals surface area contributed by atoms with Gasteiger partial charge in [-0.2, -0.15) is 0 Å². The molecule has 1 nitrogen and oxygen atoms in total. The van der Waals surface area contributed by atoms with Crippen molar-refractivity contribution in [3.63, 3.8) is 0 Å². The number of aliphatic hydroxyl groups is 1. The van der Waals surface area contributed by atoms with Crippen LogP contribution >= 0.6 is 0 Å². The SMILES string of the molecule is OCC1C2CCC=CCCC12. The van der Waals surface area contributed by atoms with Crippen molar-refractivity contribution in [2.75, 3.05) is 6.61 Å². The third-order valence-corrected chi connectivity index (χ3v) is 3.22. The highest BCUT2D eigenvalue weighted by atomic mass is 16.3. The van der Waals surface area contributed by atoms with Crippen LogP contribution in [-0.4, -0.2) is 11.7 Å². The van der Waals surface area contributed by atoms with Gasteiger partial charge in [-0.1, -0.05) is 12.2 Å². The third-order valence-electron chi connectivity index (χ3n) is 3.22. The normalized spacial score (nSPS) is 42.5. The summed E-state index contributed by atoms with van der Waals surface area (Å²) in [4.78, 5) is 0. The molecule has 0 aliphatic heterocycles. The summed E-state index contributed by atoms with van der Waals surface area (Å²) >= 11 is 0. The minimum absolute atomic E-state index is 0.426. The number of hydrogen-bond acceptors (Lipinski definition) is 1. The van der Waals surface area contributed by atoms with Crippen molar-refractivity contribution in [2.24, 2.45) is 17.8 Å². The Balaban J connectivity index is 1.91. The van der Waals surface area contributed by atoms with Crippen molar-refractivity contribution in [2.45, 2.75) is 25.7 Å². The summed E-state index contributed by atoms with van der Waals surface area (Å²) in [6, 6.07) is 0. The highest BCUT2D eigenvalue weighted by Crippen LogP contribution is 2.52. The Kier molecular flexibility index (Phi) is 1.99. The van der Waals surface area contributed by atoms with Crippen molar-refractivity contribution < 1.29 is 5.11 Å². The molecular formula is C10H16O. The van der Waals surface area contributed by atoms with Gasteiger partial charge in [0.15, 0.2) is 0 Å². The van der Waals surface area contributed by atoms with Gasteiger partial charge in [0, 0.05) is 6.61 Å². The molecule has 2 aliphatic carbocycles. The summed E-state index contributed by atoms with van der Waals surface area (Å²) < 4.78 is 0. The van der Waals surface area contributed by atoms with Gasteiger partial charge in [0.05, 0.1) is 0 Å². The second-order valence-corrected chi connectivity index (χ2v) is 3.80. The van der Waals surface area contributed by atoms with Crippen LogP contribution in [0.4, 0.5) is 0 Å². The molecule has 0 aromatic carbocycles. The molecule has 0 bridgehead atoms. The second kappa shape index (κ2) is 2.98. The summed E-state index contributed by atoms with van der Waals surface area (Å²) in [5.41, 5.74) is 0. The molecule has 0 aromatic rings. The fourth-order valence-corrected chi connectivity index (χ4v) is 2.46. The summed E-state index contributed by atoms with van der Waals surface area (Å²) in [5, 5.41) is 9.00. The lowest BCUT2D eigenvalue weighted by Gasteiger charge is -1.99. The zero-order valence-electron chi connectivity index (χ0n) is 6.87. The van der Waals surface area contributed by atoms with Gasteiger partial charge in [0.2, 0.25) is 0 Å². The van der Waals surface area contributed by atoms with E-state index in [-0.39, 0.29) is 0 Å². The molecule has 2 atom stereocenters. The Bertz CT molecular complexity index is 146. The first-order valence-electron chi connectivity index (χ1n) is 4.69. The van der Waals surface area contributed by atoms with E-state index in [2.05, 4.69) is 12.2 Å². The lowest BCUT2D eigenvalue weighted by molar-refractivity contribution is 0.262. The van der Waals surface area contributed by atoms with Gasteiger partial charge in [-0.15, -0.1) is 0 Å². The van der Waals surface area contributed by atoms with Gasteiger partial charge >= 0.3 is 0 Å². The smallest absolute Gasteiger partial charge is 0.0464 e. The van der Waals surface area contributed by atoms with Crippen molar-refractivity contribution in [1.29, 1.82) is 0 Å². The first-order valence-corrected chi connectivity index (χ1v) is 4.69. The highest BCUT2D eigenvalue weighted by Gasteiger charge is 2.47. The van der Waals surface area contributed by atoms with Crippen molar-refractivity contribution in [3.05, 3.63) is 12.2 Å². The Morgan fingerprint density at radius 1 is 1.09 bits per heavy atom. The van der Waals surface area contributed by atoms with Gasteiger partial charge in [-0.05, 0) is 43.4 Å². The van der Waals surface area contributed by atoms with Gasteiger partial charge < -0.3 is 5.11 Å². The first-order chi connectivity index (χ1) is 5.43. The average Bonchev–Trinajstić information content (AvgIpc) is 2.60. The molecule has 2 aliphatic rings. The van der Waals surface area contributed by atoms with Crippen LogP contribution in [0.5, 0.6) is 0 Å². The number of hydrogen-bond donors (Lipinski definition) is 1. The zero-order valence-corrected chi connectivity index (χ0v) is 6.87.